The van der Waals surface area contributed by atoms with E-state index >= 15 is 0 Å². The molecule has 1 aromatic heterocycles. The number of benzene rings is 1. The van der Waals surface area contributed by atoms with E-state index in [9.17, 15) is 9.59 Å². The normalized spacial score (nSPS) is 18.4. The van der Waals surface area contributed by atoms with E-state index in [2.05, 4.69) is 17.2 Å². The predicted octanol–water partition coefficient (Wildman–Crippen LogP) is 4.98. The Morgan fingerprint density at radius 3 is 2.81 bits per heavy atom. The number of aliphatic carboxylic acids is 1. The van der Waals surface area contributed by atoms with Gasteiger partial charge in [-0.2, -0.15) is 0 Å². The Hall–Kier alpha value is -2.26. The van der Waals surface area contributed by atoms with Crippen LogP contribution in [-0.2, 0) is 11.2 Å². The summed E-state index contributed by atoms with van der Waals surface area (Å²) in [7, 11) is 1.65. The van der Waals surface area contributed by atoms with Gasteiger partial charge in [-0.1, -0.05) is 30.4 Å². The number of urea groups is 1. The molecule has 0 bridgehead atoms. The van der Waals surface area contributed by atoms with Gasteiger partial charge in [-0.15, -0.1) is 11.8 Å². The van der Waals surface area contributed by atoms with Crippen LogP contribution in [0.25, 0.3) is 0 Å². The summed E-state index contributed by atoms with van der Waals surface area (Å²) in [6.45, 7) is 2.88. The van der Waals surface area contributed by atoms with E-state index in [0.29, 0.717) is 17.6 Å². The molecule has 1 fully saturated rings. The lowest BCUT2D eigenvalue weighted by atomic mass is 9.86. The molecule has 2 aromatic rings. The van der Waals surface area contributed by atoms with Gasteiger partial charge in [0.1, 0.15) is 5.75 Å². The minimum atomic E-state index is -0.876. The second-order valence-electron chi connectivity index (χ2n) is 7.81. The van der Waals surface area contributed by atoms with E-state index in [0.717, 1.165) is 47.6 Å². The molecule has 1 aliphatic carbocycles. The molecule has 0 radical (unpaired) electrons. The van der Waals surface area contributed by atoms with Crippen LogP contribution in [0.2, 0.25) is 0 Å². The molecule has 2 N–H and O–H groups in total. The number of thiazole rings is 1. The number of aromatic nitrogens is 1. The third kappa shape index (κ3) is 7.14. The van der Waals surface area contributed by atoms with Gasteiger partial charge < -0.3 is 14.7 Å². The number of nitrogens with zero attached hydrogens (tertiary/aromatic N) is 2. The first-order valence-corrected chi connectivity index (χ1v) is 12.3. The van der Waals surface area contributed by atoms with Gasteiger partial charge in [0, 0.05) is 12.6 Å². The fourth-order valence-corrected chi connectivity index (χ4v) is 5.34. The molecule has 1 heterocycles. The van der Waals surface area contributed by atoms with Crippen LogP contribution < -0.4 is 10.1 Å². The SMILES string of the molecule is COc1cccc(CCN(C(=O)Nc2ncc(SCC(=O)O)s2)C2CCC(C)CC2)c1. The number of rotatable bonds is 9. The lowest BCUT2D eigenvalue weighted by Crippen LogP contribution is -2.45. The van der Waals surface area contributed by atoms with Gasteiger partial charge in [-0.25, -0.2) is 9.78 Å². The highest BCUT2D eigenvalue weighted by molar-refractivity contribution is 8.01. The molecule has 9 heteroatoms. The fourth-order valence-electron chi connectivity index (χ4n) is 3.76. The Balaban J connectivity index is 1.66. The monoisotopic (exact) mass is 463 g/mol. The number of carbonyl (C=O) groups excluding carboxylic acids is 1. The number of hydrogen-bond donors (Lipinski definition) is 2. The standard InChI is InChI=1S/C22H29N3O4S2/c1-15-6-8-17(9-7-15)25(11-10-16-4-3-5-18(12-16)29-2)22(28)24-21-23-13-20(31-21)30-14-19(26)27/h3-5,12-13,15,17H,6-11,14H2,1-2H3,(H,26,27)(H,23,24,28). The van der Waals surface area contributed by atoms with Crippen LogP contribution in [0.5, 0.6) is 5.75 Å². The van der Waals surface area contributed by atoms with Crippen molar-refractivity contribution in [1.82, 2.24) is 9.88 Å². The molecule has 2 amide bonds. The molecule has 3 rings (SSSR count). The van der Waals surface area contributed by atoms with Crippen molar-refractivity contribution >= 4 is 40.2 Å². The maximum atomic E-state index is 13.2. The van der Waals surface area contributed by atoms with Crippen LogP contribution in [0.15, 0.2) is 34.7 Å². The van der Waals surface area contributed by atoms with Crippen molar-refractivity contribution in [3.05, 3.63) is 36.0 Å². The van der Waals surface area contributed by atoms with Crippen LogP contribution >= 0.6 is 23.1 Å². The first kappa shape index (κ1) is 23.4. The van der Waals surface area contributed by atoms with Crippen LogP contribution in [-0.4, -0.2) is 52.4 Å². The average molecular weight is 464 g/mol. The molecule has 168 valence electrons. The molecule has 0 spiro atoms. The molecule has 1 saturated carbocycles. The average Bonchev–Trinajstić information content (AvgIpc) is 3.21. The molecule has 31 heavy (non-hydrogen) atoms. The molecule has 0 aliphatic heterocycles. The summed E-state index contributed by atoms with van der Waals surface area (Å²) in [5, 5.41) is 12.2. The third-order valence-electron chi connectivity index (χ3n) is 5.50. The highest BCUT2D eigenvalue weighted by atomic mass is 32.2. The largest absolute Gasteiger partial charge is 0.497 e. The molecular weight excluding hydrogens is 434 g/mol. The van der Waals surface area contributed by atoms with Crippen molar-refractivity contribution in [2.24, 2.45) is 5.92 Å². The summed E-state index contributed by atoms with van der Waals surface area (Å²) in [6, 6.07) is 8.00. The molecular formula is C22H29N3O4S2. The number of amides is 2. The van der Waals surface area contributed by atoms with Gasteiger partial charge in [0.2, 0.25) is 0 Å². The number of hydrogen-bond acceptors (Lipinski definition) is 6. The fraction of sp³-hybridized carbons (Fsp3) is 0.500. The number of anilines is 1. The first-order valence-electron chi connectivity index (χ1n) is 10.5. The molecule has 0 atom stereocenters. The van der Waals surface area contributed by atoms with Gasteiger partial charge >= 0.3 is 12.0 Å². The topological polar surface area (TPSA) is 91.8 Å². The molecule has 7 nitrogen and oxygen atoms in total. The Morgan fingerprint density at radius 1 is 1.32 bits per heavy atom. The molecule has 0 saturated heterocycles. The van der Waals surface area contributed by atoms with E-state index < -0.39 is 5.97 Å². The van der Waals surface area contributed by atoms with Gasteiger partial charge in [0.05, 0.1) is 23.3 Å². The number of carboxylic acids is 1. The van der Waals surface area contributed by atoms with Gasteiger partial charge in [0.25, 0.3) is 0 Å². The highest BCUT2D eigenvalue weighted by Gasteiger charge is 2.28. The van der Waals surface area contributed by atoms with E-state index in [-0.39, 0.29) is 17.8 Å². The van der Waals surface area contributed by atoms with E-state index in [1.54, 1.807) is 13.3 Å². The third-order valence-corrected chi connectivity index (χ3v) is 7.59. The zero-order chi connectivity index (χ0) is 22.2. The van der Waals surface area contributed by atoms with Crippen molar-refractivity contribution in [1.29, 1.82) is 0 Å². The maximum Gasteiger partial charge on any atom is 0.323 e. The number of ether oxygens (including phenoxy) is 1. The van der Waals surface area contributed by atoms with Crippen molar-refractivity contribution in [2.45, 2.75) is 49.3 Å². The summed E-state index contributed by atoms with van der Waals surface area (Å²) in [5.74, 6) is 0.614. The molecule has 0 unspecified atom stereocenters. The van der Waals surface area contributed by atoms with E-state index in [4.69, 9.17) is 9.84 Å². The van der Waals surface area contributed by atoms with Crippen molar-refractivity contribution in [3.63, 3.8) is 0 Å². The summed E-state index contributed by atoms with van der Waals surface area (Å²) >= 11 is 2.50. The quantitative estimate of drug-likeness (QED) is 0.510. The summed E-state index contributed by atoms with van der Waals surface area (Å²) in [5.41, 5.74) is 1.13. The smallest absolute Gasteiger partial charge is 0.323 e. The summed E-state index contributed by atoms with van der Waals surface area (Å²) in [6.07, 6.45) is 6.61. The number of carbonyl (C=O) groups is 2. The van der Waals surface area contributed by atoms with Crippen molar-refractivity contribution in [3.8, 4) is 5.75 Å². The Labute approximate surface area is 191 Å². The molecule has 1 aliphatic rings. The Morgan fingerprint density at radius 2 is 2.10 bits per heavy atom. The number of thioether (sulfide) groups is 1. The second-order valence-corrected chi connectivity index (χ2v) is 10.1. The van der Waals surface area contributed by atoms with Crippen molar-refractivity contribution in [2.75, 3.05) is 24.7 Å². The predicted molar refractivity (Wildman–Crippen MR) is 124 cm³/mol. The highest BCUT2D eigenvalue weighted by Crippen LogP contribution is 2.30. The van der Waals surface area contributed by atoms with E-state index in [1.807, 2.05) is 29.2 Å². The van der Waals surface area contributed by atoms with Gasteiger partial charge in [-0.3, -0.25) is 10.1 Å². The van der Waals surface area contributed by atoms with Crippen LogP contribution in [0, 0.1) is 5.92 Å². The lowest BCUT2D eigenvalue weighted by Gasteiger charge is -2.36. The first-order chi connectivity index (χ1) is 14.9. The second kappa shape index (κ2) is 11.4. The maximum absolute atomic E-state index is 13.2. The van der Waals surface area contributed by atoms with Crippen LogP contribution in [0.1, 0.15) is 38.2 Å². The number of nitrogens with one attached hydrogen (secondary N) is 1. The summed E-state index contributed by atoms with van der Waals surface area (Å²) in [4.78, 5) is 30.1. The number of carboxylic acid groups (broad SMARTS) is 1. The van der Waals surface area contributed by atoms with E-state index in [1.165, 1.54) is 23.1 Å². The molecule has 1 aromatic carbocycles. The zero-order valence-electron chi connectivity index (χ0n) is 17.9. The van der Waals surface area contributed by atoms with Crippen LogP contribution in [0.3, 0.4) is 0 Å². The summed E-state index contributed by atoms with van der Waals surface area (Å²) < 4.78 is 6.09. The minimum Gasteiger partial charge on any atom is -0.497 e. The zero-order valence-corrected chi connectivity index (χ0v) is 19.5. The Bertz CT molecular complexity index is 881. The lowest BCUT2D eigenvalue weighted by molar-refractivity contribution is -0.133. The van der Waals surface area contributed by atoms with Crippen molar-refractivity contribution < 1.29 is 19.4 Å². The Kier molecular flexibility index (Phi) is 8.60. The minimum absolute atomic E-state index is 0.0253. The van der Waals surface area contributed by atoms with Gasteiger partial charge in [0.15, 0.2) is 5.13 Å². The van der Waals surface area contributed by atoms with Gasteiger partial charge in [-0.05, 0) is 55.7 Å². The van der Waals surface area contributed by atoms with Crippen LogP contribution in [0.4, 0.5) is 9.93 Å². The number of methoxy groups -OCH3 is 1.